The zero-order chi connectivity index (χ0) is 15.2. The predicted molar refractivity (Wildman–Crippen MR) is 85.3 cm³/mol. The second-order valence-electron chi connectivity index (χ2n) is 5.39. The molecule has 110 valence electrons. The number of hydrogen-bond acceptors (Lipinski definition) is 3. The molecule has 0 fully saturated rings. The van der Waals surface area contributed by atoms with Gasteiger partial charge in [-0.25, -0.2) is 0 Å². The molecule has 4 heteroatoms. The van der Waals surface area contributed by atoms with Gasteiger partial charge in [-0.15, -0.1) is 0 Å². The highest BCUT2D eigenvalue weighted by molar-refractivity contribution is 5.94. The molecule has 1 amide bonds. The summed E-state index contributed by atoms with van der Waals surface area (Å²) in [4.78, 5) is 16.2. The van der Waals surface area contributed by atoms with E-state index in [0.717, 1.165) is 16.9 Å². The van der Waals surface area contributed by atoms with Gasteiger partial charge in [-0.2, -0.15) is 0 Å². The number of nitrogens with one attached hydrogen (secondary N) is 2. The van der Waals surface area contributed by atoms with Crippen LogP contribution in [0.25, 0.3) is 0 Å². The summed E-state index contributed by atoms with van der Waals surface area (Å²) in [5.41, 5.74) is 3.78. The van der Waals surface area contributed by atoms with Crippen LogP contribution in [-0.4, -0.2) is 16.9 Å². The maximum Gasteiger partial charge on any atom is 0.251 e. The Kier molecular flexibility index (Phi) is 4.93. The molecule has 0 bridgehead atoms. The molecule has 2 N–H and O–H groups in total. The number of hydrogen-bond donors (Lipinski definition) is 2. The third-order valence-electron chi connectivity index (χ3n) is 3.01. The van der Waals surface area contributed by atoms with E-state index in [9.17, 15) is 4.79 Å². The summed E-state index contributed by atoms with van der Waals surface area (Å²) in [5.74, 6) is -0.0447. The zero-order valence-electron chi connectivity index (χ0n) is 12.7. The van der Waals surface area contributed by atoms with Gasteiger partial charge < -0.3 is 10.6 Å². The van der Waals surface area contributed by atoms with Gasteiger partial charge >= 0.3 is 0 Å². The van der Waals surface area contributed by atoms with E-state index in [1.54, 1.807) is 0 Å². The molecule has 0 spiro atoms. The minimum absolute atomic E-state index is 0.0447. The minimum Gasteiger partial charge on any atom is -0.379 e. The van der Waals surface area contributed by atoms with Crippen LogP contribution in [0.4, 0.5) is 5.69 Å². The summed E-state index contributed by atoms with van der Waals surface area (Å²) in [6.45, 7) is 6.58. The molecule has 1 heterocycles. The first-order valence-electron chi connectivity index (χ1n) is 7.11. The smallest absolute Gasteiger partial charge is 0.251 e. The van der Waals surface area contributed by atoms with E-state index in [1.807, 2.05) is 63.4 Å². The van der Waals surface area contributed by atoms with E-state index in [-0.39, 0.29) is 11.9 Å². The van der Waals surface area contributed by atoms with Crippen molar-refractivity contribution in [3.63, 3.8) is 0 Å². The normalized spacial score (nSPS) is 10.5. The molecule has 0 saturated carbocycles. The average Bonchev–Trinajstić information content (AvgIpc) is 2.46. The lowest BCUT2D eigenvalue weighted by Gasteiger charge is -2.10. The van der Waals surface area contributed by atoms with Gasteiger partial charge in [-0.05, 0) is 56.7 Å². The SMILES string of the molecule is Cc1ccc(CNc2ccc(C(=O)NC(C)C)cc2)nc1. The third kappa shape index (κ3) is 4.60. The van der Waals surface area contributed by atoms with Gasteiger partial charge in [0.25, 0.3) is 5.91 Å². The van der Waals surface area contributed by atoms with Gasteiger partial charge in [0.2, 0.25) is 0 Å². The van der Waals surface area contributed by atoms with Gasteiger partial charge in [0.1, 0.15) is 0 Å². The van der Waals surface area contributed by atoms with Gasteiger partial charge in [-0.1, -0.05) is 6.07 Å². The van der Waals surface area contributed by atoms with E-state index in [2.05, 4.69) is 15.6 Å². The Hall–Kier alpha value is -2.36. The average molecular weight is 283 g/mol. The first-order valence-corrected chi connectivity index (χ1v) is 7.11. The molecule has 2 rings (SSSR count). The minimum atomic E-state index is -0.0447. The van der Waals surface area contributed by atoms with Crippen LogP contribution in [-0.2, 0) is 6.54 Å². The van der Waals surface area contributed by atoms with E-state index >= 15 is 0 Å². The lowest BCUT2D eigenvalue weighted by molar-refractivity contribution is 0.0943. The monoisotopic (exact) mass is 283 g/mol. The van der Waals surface area contributed by atoms with Crippen molar-refractivity contribution in [2.45, 2.75) is 33.4 Å². The van der Waals surface area contributed by atoms with Crippen LogP contribution < -0.4 is 10.6 Å². The number of nitrogens with zero attached hydrogens (tertiary/aromatic N) is 1. The first-order chi connectivity index (χ1) is 10.0. The van der Waals surface area contributed by atoms with Crippen molar-refractivity contribution >= 4 is 11.6 Å². The molecule has 1 aromatic carbocycles. The second-order valence-corrected chi connectivity index (χ2v) is 5.39. The maximum atomic E-state index is 11.8. The number of anilines is 1. The fraction of sp³-hybridized carbons (Fsp3) is 0.294. The largest absolute Gasteiger partial charge is 0.379 e. The number of carbonyl (C=O) groups is 1. The molecule has 1 aromatic heterocycles. The summed E-state index contributed by atoms with van der Waals surface area (Å²) >= 11 is 0. The molecule has 0 aliphatic rings. The summed E-state index contributed by atoms with van der Waals surface area (Å²) in [7, 11) is 0. The lowest BCUT2D eigenvalue weighted by Crippen LogP contribution is -2.29. The highest BCUT2D eigenvalue weighted by atomic mass is 16.1. The molecule has 0 saturated heterocycles. The number of carbonyl (C=O) groups excluding carboxylic acids is 1. The highest BCUT2D eigenvalue weighted by Gasteiger charge is 2.06. The Morgan fingerprint density at radius 1 is 1.14 bits per heavy atom. The molecule has 0 unspecified atom stereocenters. The highest BCUT2D eigenvalue weighted by Crippen LogP contribution is 2.11. The number of aryl methyl sites for hydroxylation is 1. The standard InChI is InChI=1S/C17H21N3O/c1-12(2)20-17(21)14-5-8-15(9-6-14)19-11-16-7-4-13(3)10-18-16/h4-10,12,19H,11H2,1-3H3,(H,20,21). The van der Waals surface area contributed by atoms with Crippen LogP contribution >= 0.6 is 0 Å². The van der Waals surface area contributed by atoms with E-state index < -0.39 is 0 Å². The molecule has 0 aliphatic carbocycles. The summed E-state index contributed by atoms with van der Waals surface area (Å²) in [6, 6.07) is 11.6. The van der Waals surface area contributed by atoms with Gasteiger partial charge in [0.05, 0.1) is 12.2 Å². The molecule has 2 aromatic rings. The van der Waals surface area contributed by atoms with Crippen molar-refractivity contribution in [1.29, 1.82) is 0 Å². The van der Waals surface area contributed by atoms with Crippen LogP contribution in [0, 0.1) is 6.92 Å². The van der Waals surface area contributed by atoms with Crippen molar-refractivity contribution in [2.75, 3.05) is 5.32 Å². The molecular weight excluding hydrogens is 262 g/mol. The van der Waals surface area contributed by atoms with Crippen molar-refractivity contribution in [2.24, 2.45) is 0 Å². The van der Waals surface area contributed by atoms with E-state index in [4.69, 9.17) is 0 Å². The molecule has 4 nitrogen and oxygen atoms in total. The number of aromatic nitrogens is 1. The Labute approximate surface area is 125 Å². The number of amides is 1. The van der Waals surface area contributed by atoms with Crippen molar-refractivity contribution < 1.29 is 4.79 Å². The van der Waals surface area contributed by atoms with Gasteiger partial charge in [0.15, 0.2) is 0 Å². The third-order valence-corrected chi connectivity index (χ3v) is 3.01. The van der Waals surface area contributed by atoms with Crippen LogP contribution in [0.3, 0.4) is 0 Å². The van der Waals surface area contributed by atoms with Crippen LogP contribution in [0.2, 0.25) is 0 Å². The van der Waals surface area contributed by atoms with Crippen LogP contribution in [0.15, 0.2) is 42.6 Å². The number of benzene rings is 1. The maximum absolute atomic E-state index is 11.8. The Bertz CT molecular complexity index is 588. The van der Waals surface area contributed by atoms with Gasteiger partial charge in [0, 0.05) is 23.5 Å². The topological polar surface area (TPSA) is 54.0 Å². The summed E-state index contributed by atoms with van der Waals surface area (Å²) in [5, 5.41) is 6.17. The fourth-order valence-corrected chi connectivity index (χ4v) is 1.88. The molecule has 0 atom stereocenters. The number of rotatable bonds is 5. The van der Waals surface area contributed by atoms with E-state index in [0.29, 0.717) is 12.1 Å². The van der Waals surface area contributed by atoms with Crippen molar-refractivity contribution in [1.82, 2.24) is 10.3 Å². The Balaban J connectivity index is 1.93. The summed E-state index contributed by atoms with van der Waals surface area (Å²) < 4.78 is 0. The zero-order valence-corrected chi connectivity index (χ0v) is 12.7. The molecule has 21 heavy (non-hydrogen) atoms. The molecule has 0 radical (unpaired) electrons. The fourth-order valence-electron chi connectivity index (χ4n) is 1.88. The first kappa shape index (κ1) is 15.0. The predicted octanol–water partition coefficient (Wildman–Crippen LogP) is 3.14. The van der Waals surface area contributed by atoms with E-state index in [1.165, 1.54) is 0 Å². The quantitative estimate of drug-likeness (QED) is 0.886. The van der Waals surface area contributed by atoms with Crippen LogP contribution in [0.5, 0.6) is 0 Å². The van der Waals surface area contributed by atoms with Crippen molar-refractivity contribution in [3.8, 4) is 0 Å². The summed E-state index contributed by atoms with van der Waals surface area (Å²) in [6.07, 6.45) is 1.86. The van der Waals surface area contributed by atoms with Crippen molar-refractivity contribution in [3.05, 3.63) is 59.4 Å². The van der Waals surface area contributed by atoms with Gasteiger partial charge in [-0.3, -0.25) is 9.78 Å². The Morgan fingerprint density at radius 3 is 2.43 bits per heavy atom. The van der Waals surface area contributed by atoms with Crippen LogP contribution in [0.1, 0.15) is 35.5 Å². The Morgan fingerprint density at radius 2 is 1.86 bits per heavy atom. The molecule has 0 aliphatic heterocycles. The lowest BCUT2D eigenvalue weighted by atomic mass is 10.2. The molecular formula is C17H21N3O. The second kappa shape index (κ2) is 6.88. The number of pyridine rings is 1.